The SMILES string of the molecule is CCC(N)(CC)C(=O)Nc1ccc(Br)cc1C(=O)O. The quantitative estimate of drug-likeness (QED) is 0.774. The molecule has 1 aromatic rings. The van der Waals surface area contributed by atoms with Crippen molar-refractivity contribution in [3.8, 4) is 0 Å². The highest BCUT2D eigenvalue weighted by Gasteiger charge is 2.30. The van der Waals surface area contributed by atoms with Crippen molar-refractivity contribution in [2.24, 2.45) is 5.73 Å². The Balaban J connectivity index is 3.06. The van der Waals surface area contributed by atoms with Gasteiger partial charge in [0.2, 0.25) is 5.91 Å². The van der Waals surface area contributed by atoms with E-state index in [2.05, 4.69) is 21.2 Å². The van der Waals surface area contributed by atoms with Gasteiger partial charge < -0.3 is 16.2 Å². The van der Waals surface area contributed by atoms with Crippen LogP contribution in [0.25, 0.3) is 0 Å². The van der Waals surface area contributed by atoms with Crippen molar-refractivity contribution in [3.63, 3.8) is 0 Å². The third-order valence-electron chi connectivity index (χ3n) is 3.17. The Labute approximate surface area is 120 Å². The van der Waals surface area contributed by atoms with E-state index >= 15 is 0 Å². The Morgan fingerprint density at radius 1 is 1.37 bits per heavy atom. The van der Waals surface area contributed by atoms with Crippen LogP contribution in [-0.4, -0.2) is 22.5 Å². The molecule has 1 amide bonds. The van der Waals surface area contributed by atoms with E-state index in [4.69, 9.17) is 10.8 Å². The number of aromatic carboxylic acids is 1. The van der Waals surface area contributed by atoms with Crippen molar-refractivity contribution >= 4 is 33.5 Å². The number of carbonyl (C=O) groups is 2. The van der Waals surface area contributed by atoms with Crippen molar-refractivity contribution in [2.75, 3.05) is 5.32 Å². The predicted octanol–water partition coefficient (Wildman–Crippen LogP) is 2.60. The molecule has 19 heavy (non-hydrogen) atoms. The molecule has 0 aliphatic rings. The fraction of sp³-hybridized carbons (Fsp3) is 0.385. The lowest BCUT2D eigenvalue weighted by atomic mass is 9.93. The highest BCUT2D eigenvalue weighted by molar-refractivity contribution is 9.10. The monoisotopic (exact) mass is 328 g/mol. The molecule has 0 atom stereocenters. The van der Waals surface area contributed by atoms with Gasteiger partial charge >= 0.3 is 5.97 Å². The third kappa shape index (κ3) is 3.54. The summed E-state index contributed by atoms with van der Waals surface area (Å²) >= 11 is 3.20. The number of nitrogens with two attached hydrogens (primary N) is 1. The molecule has 0 aromatic heterocycles. The molecule has 6 heteroatoms. The summed E-state index contributed by atoms with van der Waals surface area (Å²) < 4.78 is 0.632. The maximum Gasteiger partial charge on any atom is 0.337 e. The lowest BCUT2D eigenvalue weighted by Crippen LogP contribution is -2.50. The van der Waals surface area contributed by atoms with Crippen molar-refractivity contribution in [1.82, 2.24) is 0 Å². The number of anilines is 1. The number of carboxylic acid groups (broad SMARTS) is 1. The van der Waals surface area contributed by atoms with Crippen LogP contribution in [0.5, 0.6) is 0 Å². The summed E-state index contributed by atoms with van der Waals surface area (Å²) in [6.07, 6.45) is 0.961. The van der Waals surface area contributed by atoms with Gasteiger partial charge in [0, 0.05) is 4.47 Å². The van der Waals surface area contributed by atoms with E-state index in [9.17, 15) is 9.59 Å². The minimum absolute atomic E-state index is 0.0253. The van der Waals surface area contributed by atoms with Gasteiger partial charge in [-0.15, -0.1) is 0 Å². The molecule has 0 saturated carbocycles. The van der Waals surface area contributed by atoms with E-state index in [0.29, 0.717) is 17.3 Å². The maximum atomic E-state index is 12.1. The van der Waals surface area contributed by atoms with Crippen molar-refractivity contribution in [1.29, 1.82) is 0 Å². The van der Waals surface area contributed by atoms with Gasteiger partial charge in [-0.25, -0.2) is 4.79 Å². The fourth-order valence-electron chi connectivity index (χ4n) is 1.62. The van der Waals surface area contributed by atoms with Crippen LogP contribution < -0.4 is 11.1 Å². The Hall–Kier alpha value is -1.40. The average molecular weight is 329 g/mol. The topological polar surface area (TPSA) is 92.4 Å². The highest BCUT2D eigenvalue weighted by atomic mass is 79.9. The van der Waals surface area contributed by atoms with Crippen molar-refractivity contribution in [3.05, 3.63) is 28.2 Å². The van der Waals surface area contributed by atoms with Crippen molar-refractivity contribution in [2.45, 2.75) is 32.2 Å². The van der Waals surface area contributed by atoms with Gasteiger partial charge in [0.15, 0.2) is 0 Å². The van der Waals surface area contributed by atoms with E-state index < -0.39 is 11.5 Å². The van der Waals surface area contributed by atoms with E-state index in [1.807, 2.05) is 13.8 Å². The van der Waals surface area contributed by atoms with Gasteiger partial charge in [-0.05, 0) is 31.0 Å². The largest absolute Gasteiger partial charge is 0.478 e. The second kappa shape index (κ2) is 6.16. The second-order valence-electron chi connectivity index (χ2n) is 4.31. The van der Waals surface area contributed by atoms with E-state index in [1.54, 1.807) is 6.07 Å². The number of amides is 1. The molecule has 0 bridgehead atoms. The van der Waals surface area contributed by atoms with Crippen LogP contribution >= 0.6 is 15.9 Å². The summed E-state index contributed by atoms with van der Waals surface area (Å²) in [7, 11) is 0. The first kappa shape index (κ1) is 15.7. The average Bonchev–Trinajstić information content (AvgIpc) is 2.39. The number of carbonyl (C=O) groups excluding carboxylic acids is 1. The number of rotatable bonds is 5. The summed E-state index contributed by atoms with van der Waals surface area (Å²) in [5.41, 5.74) is 5.26. The fourth-order valence-corrected chi connectivity index (χ4v) is 1.98. The molecule has 104 valence electrons. The van der Waals surface area contributed by atoms with Crippen LogP contribution in [0.3, 0.4) is 0 Å². The summed E-state index contributed by atoms with van der Waals surface area (Å²) in [5, 5.41) is 11.7. The molecule has 0 unspecified atom stereocenters. The third-order valence-corrected chi connectivity index (χ3v) is 3.67. The first-order valence-corrected chi connectivity index (χ1v) is 6.76. The second-order valence-corrected chi connectivity index (χ2v) is 5.23. The molecule has 0 aliphatic heterocycles. The van der Waals surface area contributed by atoms with Crippen LogP contribution in [0.4, 0.5) is 5.69 Å². The summed E-state index contributed by atoms with van der Waals surface area (Å²) in [5.74, 6) is -1.48. The minimum atomic E-state index is -1.10. The zero-order chi connectivity index (χ0) is 14.6. The lowest BCUT2D eigenvalue weighted by Gasteiger charge is -2.25. The Morgan fingerprint density at radius 3 is 2.42 bits per heavy atom. The van der Waals surface area contributed by atoms with Gasteiger partial charge in [-0.3, -0.25) is 4.79 Å². The first-order valence-electron chi connectivity index (χ1n) is 5.97. The Morgan fingerprint density at radius 2 is 1.95 bits per heavy atom. The van der Waals surface area contributed by atoms with Crippen LogP contribution in [0, 0.1) is 0 Å². The molecule has 5 nitrogen and oxygen atoms in total. The summed E-state index contributed by atoms with van der Waals surface area (Å²) in [4.78, 5) is 23.3. The maximum absolute atomic E-state index is 12.1. The van der Waals surface area contributed by atoms with Gasteiger partial charge in [0.25, 0.3) is 0 Å². The molecular formula is C13H17BrN2O3. The zero-order valence-electron chi connectivity index (χ0n) is 10.9. The van der Waals surface area contributed by atoms with E-state index in [-0.39, 0.29) is 17.2 Å². The molecular weight excluding hydrogens is 312 g/mol. The molecule has 0 radical (unpaired) electrons. The van der Waals surface area contributed by atoms with Gasteiger partial charge in [-0.1, -0.05) is 29.8 Å². The molecule has 0 spiro atoms. The first-order chi connectivity index (χ1) is 8.84. The zero-order valence-corrected chi connectivity index (χ0v) is 12.5. The number of carboxylic acids is 1. The van der Waals surface area contributed by atoms with E-state index in [0.717, 1.165) is 0 Å². The van der Waals surface area contributed by atoms with Crippen LogP contribution in [0.1, 0.15) is 37.0 Å². The number of hydrogen-bond acceptors (Lipinski definition) is 3. The van der Waals surface area contributed by atoms with Gasteiger partial charge in [-0.2, -0.15) is 0 Å². The van der Waals surface area contributed by atoms with Crippen LogP contribution in [0.15, 0.2) is 22.7 Å². The Kier molecular flexibility index (Phi) is 5.08. The molecule has 0 fully saturated rings. The standard InChI is InChI=1S/C13H17BrN2O3/c1-3-13(15,4-2)12(19)16-10-6-5-8(14)7-9(10)11(17)18/h5-7H,3-4,15H2,1-2H3,(H,16,19)(H,17,18). The van der Waals surface area contributed by atoms with Gasteiger partial charge in [0.05, 0.1) is 16.8 Å². The molecule has 0 saturated heterocycles. The summed E-state index contributed by atoms with van der Waals surface area (Å²) in [6, 6.07) is 4.64. The number of hydrogen-bond donors (Lipinski definition) is 3. The smallest absolute Gasteiger partial charge is 0.337 e. The minimum Gasteiger partial charge on any atom is -0.478 e. The molecule has 1 rings (SSSR count). The molecule has 0 heterocycles. The summed E-state index contributed by atoms with van der Waals surface area (Å²) in [6.45, 7) is 3.64. The number of nitrogens with one attached hydrogen (secondary N) is 1. The molecule has 0 aliphatic carbocycles. The molecule has 1 aromatic carbocycles. The van der Waals surface area contributed by atoms with E-state index in [1.165, 1.54) is 12.1 Å². The number of benzene rings is 1. The van der Waals surface area contributed by atoms with Crippen LogP contribution in [0.2, 0.25) is 0 Å². The van der Waals surface area contributed by atoms with Crippen LogP contribution in [-0.2, 0) is 4.79 Å². The van der Waals surface area contributed by atoms with Gasteiger partial charge in [0.1, 0.15) is 0 Å². The lowest BCUT2D eigenvalue weighted by molar-refractivity contribution is -0.121. The molecule has 4 N–H and O–H groups in total. The number of halogens is 1. The normalized spacial score (nSPS) is 11.2. The van der Waals surface area contributed by atoms with Crippen molar-refractivity contribution < 1.29 is 14.7 Å². The highest BCUT2D eigenvalue weighted by Crippen LogP contribution is 2.23. The Bertz CT molecular complexity index is 499. The predicted molar refractivity (Wildman–Crippen MR) is 77.2 cm³/mol.